The van der Waals surface area contributed by atoms with Gasteiger partial charge in [0, 0.05) is 6.42 Å². The van der Waals surface area contributed by atoms with Crippen LogP contribution in [0.15, 0.2) is 54.6 Å². The minimum Gasteiger partial charge on any atom is -0.479 e. The molecule has 3 heteroatoms. The summed E-state index contributed by atoms with van der Waals surface area (Å²) >= 11 is 0. The summed E-state index contributed by atoms with van der Waals surface area (Å²) in [5.74, 6) is -1.19. The van der Waals surface area contributed by atoms with Gasteiger partial charge in [0.2, 0.25) is 0 Å². The number of carboxylic acid groups (broad SMARTS) is 1. The second-order valence-electron chi connectivity index (χ2n) is 4.54. The highest BCUT2D eigenvalue weighted by atomic mass is 16.4. The summed E-state index contributed by atoms with van der Waals surface area (Å²) in [5, 5.41) is 17.9. The van der Waals surface area contributed by atoms with Gasteiger partial charge in [-0.2, -0.15) is 0 Å². The Morgan fingerprint density at radius 1 is 0.895 bits per heavy atom. The molecule has 0 heterocycles. The van der Waals surface area contributed by atoms with Gasteiger partial charge in [-0.25, -0.2) is 4.79 Å². The average molecular weight is 256 g/mol. The van der Waals surface area contributed by atoms with Gasteiger partial charge in [-0.05, 0) is 23.1 Å². The number of aliphatic hydroxyl groups excluding tert-OH is 1. The molecule has 2 rings (SSSR count). The SMILES string of the molecule is O=C(O)[C@H](O)Cc1ccc(Cc2ccccc2)cc1. The van der Waals surface area contributed by atoms with Crippen molar-refractivity contribution in [2.24, 2.45) is 0 Å². The van der Waals surface area contributed by atoms with Crippen molar-refractivity contribution in [2.75, 3.05) is 0 Å². The van der Waals surface area contributed by atoms with Crippen LogP contribution in [0.3, 0.4) is 0 Å². The van der Waals surface area contributed by atoms with Gasteiger partial charge in [0.05, 0.1) is 0 Å². The molecule has 2 aromatic rings. The number of hydrogen-bond acceptors (Lipinski definition) is 2. The first-order valence-corrected chi connectivity index (χ1v) is 6.18. The van der Waals surface area contributed by atoms with E-state index in [0.29, 0.717) is 0 Å². The van der Waals surface area contributed by atoms with Gasteiger partial charge >= 0.3 is 5.97 Å². The largest absolute Gasteiger partial charge is 0.479 e. The summed E-state index contributed by atoms with van der Waals surface area (Å²) in [6.45, 7) is 0. The van der Waals surface area contributed by atoms with E-state index in [1.54, 1.807) is 0 Å². The van der Waals surface area contributed by atoms with Crippen LogP contribution in [-0.4, -0.2) is 22.3 Å². The lowest BCUT2D eigenvalue weighted by atomic mass is 10.0. The minimum absolute atomic E-state index is 0.140. The Bertz CT molecular complexity index is 532. The number of aliphatic carboxylic acids is 1. The molecular formula is C16H16O3. The lowest BCUT2D eigenvalue weighted by molar-refractivity contribution is -0.146. The van der Waals surface area contributed by atoms with Crippen molar-refractivity contribution in [3.05, 3.63) is 71.3 Å². The predicted molar refractivity (Wildman–Crippen MR) is 73.0 cm³/mol. The first kappa shape index (κ1) is 13.3. The van der Waals surface area contributed by atoms with Gasteiger partial charge in [0.25, 0.3) is 0 Å². The van der Waals surface area contributed by atoms with Gasteiger partial charge in [-0.1, -0.05) is 54.6 Å². The number of hydrogen-bond donors (Lipinski definition) is 2. The molecule has 0 aliphatic carbocycles. The van der Waals surface area contributed by atoms with Gasteiger partial charge in [0.1, 0.15) is 0 Å². The van der Waals surface area contributed by atoms with Crippen molar-refractivity contribution in [2.45, 2.75) is 18.9 Å². The molecule has 0 spiro atoms. The van der Waals surface area contributed by atoms with Crippen LogP contribution in [-0.2, 0) is 17.6 Å². The molecule has 0 aromatic heterocycles. The first-order chi connectivity index (χ1) is 9.15. The summed E-state index contributed by atoms with van der Waals surface area (Å²) in [5.41, 5.74) is 3.23. The topological polar surface area (TPSA) is 57.5 Å². The van der Waals surface area contributed by atoms with Gasteiger partial charge < -0.3 is 10.2 Å². The second-order valence-corrected chi connectivity index (χ2v) is 4.54. The summed E-state index contributed by atoms with van der Waals surface area (Å²) < 4.78 is 0. The number of carboxylic acids is 1. The van der Waals surface area contributed by atoms with Crippen LogP contribution in [0, 0.1) is 0 Å². The van der Waals surface area contributed by atoms with Gasteiger partial charge in [0.15, 0.2) is 6.10 Å². The van der Waals surface area contributed by atoms with E-state index in [9.17, 15) is 9.90 Å². The standard InChI is InChI=1S/C16H16O3/c17-15(16(18)19)11-14-8-6-13(7-9-14)10-12-4-2-1-3-5-12/h1-9,15,17H,10-11H2,(H,18,19)/t15-/m1/s1. The molecule has 2 aromatic carbocycles. The van der Waals surface area contributed by atoms with E-state index in [1.807, 2.05) is 42.5 Å². The van der Waals surface area contributed by atoms with Gasteiger partial charge in [-0.3, -0.25) is 0 Å². The fourth-order valence-electron chi connectivity index (χ4n) is 1.94. The smallest absolute Gasteiger partial charge is 0.332 e. The van der Waals surface area contributed by atoms with E-state index < -0.39 is 12.1 Å². The molecular weight excluding hydrogens is 240 g/mol. The normalized spacial score (nSPS) is 12.1. The molecule has 0 aliphatic heterocycles. The second kappa shape index (κ2) is 6.16. The van der Waals surface area contributed by atoms with Crippen molar-refractivity contribution in [3.63, 3.8) is 0 Å². The summed E-state index contributed by atoms with van der Waals surface area (Å²) in [6, 6.07) is 17.8. The van der Waals surface area contributed by atoms with E-state index >= 15 is 0 Å². The monoisotopic (exact) mass is 256 g/mol. The zero-order valence-corrected chi connectivity index (χ0v) is 10.5. The van der Waals surface area contributed by atoms with Crippen LogP contribution in [0.2, 0.25) is 0 Å². The fourth-order valence-corrected chi connectivity index (χ4v) is 1.94. The van der Waals surface area contributed by atoms with Crippen molar-refractivity contribution in [1.29, 1.82) is 0 Å². The first-order valence-electron chi connectivity index (χ1n) is 6.18. The maximum Gasteiger partial charge on any atom is 0.332 e. The van der Waals surface area contributed by atoms with E-state index in [4.69, 9.17) is 5.11 Å². The molecule has 1 atom stereocenters. The zero-order chi connectivity index (χ0) is 13.7. The van der Waals surface area contributed by atoms with Crippen LogP contribution in [0.4, 0.5) is 0 Å². The Morgan fingerprint density at radius 3 is 2.00 bits per heavy atom. The molecule has 0 bridgehead atoms. The Morgan fingerprint density at radius 2 is 1.42 bits per heavy atom. The Kier molecular flexibility index (Phi) is 4.31. The van der Waals surface area contributed by atoms with Crippen LogP contribution in [0.1, 0.15) is 16.7 Å². The molecule has 3 nitrogen and oxygen atoms in total. The van der Waals surface area contributed by atoms with E-state index in [2.05, 4.69) is 12.1 Å². The maximum absolute atomic E-state index is 10.6. The summed E-state index contributed by atoms with van der Waals surface area (Å²) in [6.07, 6.45) is -0.344. The quantitative estimate of drug-likeness (QED) is 0.862. The summed E-state index contributed by atoms with van der Waals surface area (Å²) in [7, 11) is 0. The molecule has 0 fully saturated rings. The molecule has 0 amide bonds. The Labute approximate surface area is 112 Å². The Balaban J connectivity index is 2.01. The summed E-state index contributed by atoms with van der Waals surface area (Å²) in [4.78, 5) is 10.6. The van der Waals surface area contributed by atoms with Crippen molar-refractivity contribution < 1.29 is 15.0 Å². The highest BCUT2D eigenvalue weighted by molar-refractivity contribution is 5.72. The zero-order valence-electron chi connectivity index (χ0n) is 10.5. The van der Waals surface area contributed by atoms with Crippen molar-refractivity contribution in [3.8, 4) is 0 Å². The molecule has 0 radical (unpaired) electrons. The lowest BCUT2D eigenvalue weighted by Gasteiger charge is -2.07. The third-order valence-corrected chi connectivity index (χ3v) is 2.99. The number of carbonyl (C=O) groups is 1. The third-order valence-electron chi connectivity index (χ3n) is 2.99. The Hall–Kier alpha value is -2.13. The molecule has 0 saturated carbocycles. The van der Waals surface area contributed by atoms with Crippen molar-refractivity contribution in [1.82, 2.24) is 0 Å². The van der Waals surface area contributed by atoms with Crippen LogP contribution < -0.4 is 0 Å². The predicted octanol–water partition coefficient (Wildman–Crippen LogP) is 2.27. The maximum atomic E-state index is 10.6. The molecule has 19 heavy (non-hydrogen) atoms. The third kappa shape index (κ3) is 3.93. The van der Waals surface area contributed by atoms with E-state index in [0.717, 1.165) is 12.0 Å². The highest BCUT2D eigenvalue weighted by Gasteiger charge is 2.13. The number of aliphatic hydroxyl groups is 1. The van der Waals surface area contributed by atoms with E-state index in [1.165, 1.54) is 11.1 Å². The molecule has 0 aliphatic rings. The molecule has 2 N–H and O–H groups in total. The van der Waals surface area contributed by atoms with Gasteiger partial charge in [-0.15, -0.1) is 0 Å². The number of benzene rings is 2. The minimum atomic E-state index is -1.33. The highest BCUT2D eigenvalue weighted by Crippen LogP contribution is 2.12. The molecule has 0 saturated heterocycles. The van der Waals surface area contributed by atoms with Crippen LogP contribution in [0.25, 0.3) is 0 Å². The fraction of sp³-hybridized carbons (Fsp3) is 0.188. The van der Waals surface area contributed by atoms with E-state index in [-0.39, 0.29) is 6.42 Å². The van der Waals surface area contributed by atoms with Crippen LogP contribution >= 0.6 is 0 Å². The lowest BCUT2D eigenvalue weighted by Crippen LogP contribution is -2.21. The molecule has 98 valence electrons. The molecule has 0 unspecified atom stereocenters. The van der Waals surface area contributed by atoms with Crippen LogP contribution in [0.5, 0.6) is 0 Å². The van der Waals surface area contributed by atoms with Crippen molar-refractivity contribution >= 4 is 5.97 Å². The number of rotatable bonds is 5. The average Bonchev–Trinajstić information content (AvgIpc) is 2.42.